The average Bonchev–Trinajstić information content (AvgIpc) is 2.55. The van der Waals surface area contributed by atoms with Crippen molar-refractivity contribution in [3.63, 3.8) is 0 Å². The lowest BCUT2D eigenvalue weighted by Crippen LogP contribution is -2.32. The zero-order chi connectivity index (χ0) is 16.9. The number of hydrogen-bond donors (Lipinski definition) is 1. The lowest BCUT2D eigenvalue weighted by molar-refractivity contribution is 0.316. The normalized spacial score (nSPS) is 12.5. The summed E-state index contributed by atoms with van der Waals surface area (Å²) in [6.07, 6.45) is 1.82. The number of nitrogens with one attached hydrogen (secondary N) is 1. The first kappa shape index (κ1) is 16.7. The summed E-state index contributed by atoms with van der Waals surface area (Å²) in [5.74, 6) is 0. The van der Waals surface area contributed by atoms with Crippen LogP contribution in [0.15, 0.2) is 60.8 Å². The molecule has 1 atom stereocenters. The van der Waals surface area contributed by atoms with E-state index < -0.39 is 0 Å². The van der Waals surface area contributed by atoms with Crippen LogP contribution in [0.3, 0.4) is 0 Å². The van der Waals surface area contributed by atoms with Gasteiger partial charge in [0.15, 0.2) is 0 Å². The third kappa shape index (κ3) is 4.25. The minimum atomic E-state index is 0.319. The highest BCUT2D eigenvalue weighted by Gasteiger charge is 2.09. The first-order valence-electron chi connectivity index (χ1n) is 8.15. The van der Waals surface area contributed by atoms with Gasteiger partial charge >= 0.3 is 0 Å². The standard InChI is InChI=1S/C20H22ClN3/c1-15(13-24(2)14-16-6-4-3-5-7-16)23-19-10-11-22-20-12-17(21)8-9-18(19)20/h3-12,15H,13-14H2,1-2H3,(H,22,23)/t15-/m1/s1. The number of likely N-dealkylation sites (N-methyl/N-ethyl adjacent to an activating group) is 1. The average molecular weight is 340 g/mol. The molecule has 4 heteroatoms. The lowest BCUT2D eigenvalue weighted by atomic mass is 10.1. The van der Waals surface area contributed by atoms with E-state index in [1.165, 1.54) is 5.56 Å². The first-order valence-corrected chi connectivity index (χ1v) is 8.53. The first-order chi connectivity index (χ1) is 11.6. The second kappa shape index (κ2) is 7.65. The van der Waals surface area contributed by atoms with Crippen LogP contribution >= 0.6 is 11.6 Å². The number of hydrogen-bond acceptors (Lipinski definition) is 3. The van der Waals surface area contributed by atoms with Crippen molar-refractivity contribution in [1.82, 2.24) is 9.88 Å². The second-order valence-corrected chi connectivity index (χ2v) is 6.68. The number of aromatic nitrogens is 1. The number of nitrogens with zero attached hydrogens (tertiary/aromatic N) is 2. The molecule has 3 rings (SSSR count). The molecule has 3 nitrogen and oxygen atoms in total. The van der Waals surface area contributed by atoms with Crippen LogP contribution in [0.25, 0.3) is 10.9 Å². The molecule has 0 unspecified atom stereocenters. The number of pyridine rings is 1. The van der Waals surface area contributed by atoms with Crippen molar-refractivity contribution in [1.29, 1.82) is 0 Å². The van der Waals surface area contributed by atoms with Crippen LogP contribution in [-0.4, -0.2) is 29.5 Å². The second-order valence-electron chi connectivity index (χ2n) is 6.25. The molecule has 0 aliphatic carbocycles. The Kier molecular flexibility index (Phi) is 5.34. The summed E-state index contributed by atoms with van der Waals surface area (Å²) in [6, 6.07) is 18.7. The van der Waals surface area contributed by atoms with Crippen LogP contribution in [0, 0.1) is 0 Å². The minimum Gasteiger partial charge on any atom is -0.381 e. The number of anilines is 1. The molecule has 0 fully saturated rings. The van der Waals surface area contributed by atoms with Crippen LogP contribution in [0.1, 0.15) is 12.5 Å². The summed E-state index contributed by atoms with van der Waals surface area (Å²) in [5, 5.41) is 5.40. The Morgan fingerprint density at radius 1 is 1.12 bits per heavy atom. The van der Waals surface area contributed by atoms with Crippen LogP contribution < -0.4 is 5.32 Å². The Labute approximate surface area is 148 Å². The zero-order valence-corrected chi connectivity index (χ0v) is 14.8. The maximum Gasteiger partial charge on any atom is 0.0737 e. The SMILES string of the molecule is C[C@H](CN(C)Cc1ccccc1)Nc1ccnc2cc(Cl)ccc12. The molecule has 24 heavy (non-hydrogen) atoms. The Balaban J connectivity index is 1.65. The predicted molar refractivity (Wildman–Crippen MR) is 103 cm³/mol. The molecule has 1 aromatic heterocycles. The van der Waals surface area contributed by atoms with Crippen LogP contribution in [-0.2, 0) is 6.54 Å². The van der Waals surface area contributed by atoms with Crippen molar-refractivity contribution in [3.8, 4) is 0 Å². The van der Waals surface area contributed by atoms with Gasteiger partial charge in [0, 0.05) is 41.4 Å². The molecule has 0 spiro atoms. The third-order valence-electron chi connectivity index (χ3n) is 3.99. The highest BCUT2D eigenvalue weighted by atomic mass is 35.5. The Morgan fingerprint density at radius 2 is 1.92 bits per heavy atom. The van der Waals surface area contributed by atoms with Gasteiger partial charge in [0.25, 0.3) is 0 Å². The van der Waals surface area contributed by atoms with Gasteiger partial charge in [-0.2, -0.15) is 0 Å². The van der Waals surface area contributed by atoms with Gasteiger partial charge in [-0.05, 0) is 43.8 Å². The van der Waals surface area contributed by atoms with Gasteiger partial charge in [-0.25, -0.2) is 0 Å². The van der Waals surface area contributed by atoms with Gasteiger partial charge < -0.3 is 10.2 Å². The van der Waals surface area contributed by atoms with E-state index in [2.05, 4.69) is 59.5 Å². The van der Waals surface area contributed by atoms with E-state index in [-0.39, 0.29) is 0 Å². The summed E-state index contributed by atoms with van der Waals surface area (Å²) < 4.78 is 0. The molecular formula is C20H22ClN3. The quantitative estimate of drug-likeness (QED) is 0.697. The number of benzene rings is 2. The Bertz CT molecular complexity index is 804. The molecule has 0 bridgehead atoms. The fraction of sp³-hybridized carbons (Fsp3) is 0.250. The summed E-state index contributed by atoms with van der Waals surface area (Å²) in [6.45, 7) is 4.09. The van der Waals surface area contributed by atoms with Crippen molar-refractivity contribution in [2.45, 2.75) is 19.5 Å². The number of fused-ring (bicyclic) bond motifs is 1. The van der Waals surface area contributed by atoms with Crippen molar-refractivity contribution in [2.75, 3.05) is 18.9 Å². The van der Waals surface area contributed by atoms with Gasteiger partial charge in [0.1, 0.15) is 0 Å². The summed E-state index contributed by atoms with van der Waals surface area (Å²) in [5.41, 5.74) is 3.34. The van der Waals surface area contributed by atoms with Gasteiger partial charge in [-0.3, -0.25) is 4.98 Å². The Morgan fingerprint density at radius 3 is 2.71 bits per heavy atom. The van der Waals surface area contributed by atoms with E-state index in [4.69, 9.17) is 11.6 Å². The van der Waals surface area contributed by atoms with Crippen molar-refractivity contribution in [2.24, 2.45) is 0 Å². The van der Waals surface area contributed by atoms with E-state index in [1.807, 2.05) is 30.5 Å². The van der Waals surface area contributed by atoms with Crippen LogP contribution in [0.5, 0.6) is 0 Å². The van der Waals surface area contributed by atoms with Gasteiger partial charge in [-0.15, -0.1) is 0 Å². The minimum absolute atomic E-state index is 0.319. The highest BCUT2D eigenvalue weighted by Crippen LogP contribution is 2.24. The summed E-state index contributed by atoms with van der Waals surface area (Å²) in [4.78, 5) is 6.72. The Hall–Kier alpha value is -2.10. The summed E-state index contributed by atoms with van der Waals surface area (Å²) in [7, 11) is 2.15. The number of rotatable bonds is 6. The van der Waals surface area contributed by atoms with E-state index in [0.717, 1.165) is 29.7 Å². The molecule has 3 aromatic rings. The molecular weight excluding hydrogens is 318 g/mol. The largest absolute Gasteiger partial charge is 0.381 e. The van der Waals surface area contributed by atoms with E-state index in [0.29, 0.717) is 11.1 Å². The van der Waals surface area contributed by atoms with Crippen molar-refractivity contribution < 1.29 is 0 Å². The van der Waals surface area contributed by atoms with Crippen molar-refractivity contribution in [3.05, 3.63) is 71.4 Å². The lowest BCUT2D eigenvalue weighted by Gasteiger charge is -2.23. The molecule has 0 amide bonds. The van der Waals surface area contributed by atoms with Crippen LogP contribution in [0.4, 0.5) is 5.69 Å². The smallest absolute Gasteiger partial charge is 0.0737 e. The zero-order valence-electron chi connectivity index (χ0n) is 14.0. The molecule has 0 radical (unpaired) electrons. The van der Waals surface area contributed by atoms with Gasteiger partial charge in [0.2, 0.25) is 0 Å². The fourth-order valence-corrected chi connectivity index (χ4v) is 3.15. The molecule has 1 N–H and O–H groups in total. The van der Waals surface area contributed by atoms with Gasteiger partial charge in [-0.1, -0.05) is 41.9 Å². The maximum absolute atomic E-state index is 6.06. The molecule has 124 valence electrons. The molecule has 0 saturated heterocycles. The molecule has 2 aromatic carbocycles. The topological polar surface area (TPSA) is 28.2 Å². The fourth-order valence-electron chi connectivity index (χ4n) is 2.99. The maximum atomic E-state index is 6.06. The molecule has 1 heterocycles. The molecule has 0 saturated carbocycles. The van der Waals surface area contributed by atoms with E-state index in [1.54, 1.807) is 0 Å². The number of halogens is 1. The highest BCUT2D eigenvalue weighted by molar-refractivity contribution is 6.31. The van der Waals surface area contributed by atoms with Crippen molar-refractivity contribution >= 4 is 28.2 Å². The predicted octanol–water partition coefficient (Wildman–Crippen LogP) is 4.82. The van der Waals surface area contributed by atoms with Crippen LogP contribution in [0.2, 0.25) is 5.02 Å². The molecule has 0 aliphatic rings. The van der Waals surface area contributed by atoms with E-state index >= 15 is 0 Å². The molecule has 0 aliphatic heterocycles. The van der Waals surface area contributed by atoms with E-state index in [9.17, 15) is 0 Å². The van der Waals surface area contributed by atoms with Gasteiger partial charge in [0.05, 0.1) is 5.52 Å². The summed E-state index contributed by atoms with van der Waals surface area (Å²) >= 11 is 6.06. The third-order valence-corrected chi connectivity index (χ3v) is 4.22. The monoisotopic (exact) mass is 339 g/mol.